The van der Waals surface area contributed by atoms with E-state index >= 15 is 0 Å². The highest BCUT2D eigenvalue weighted by molar-refractivity contribution is 6.46. The molecule has 7 heteroatoms. The number of ketones is 1. The number of amides is 1. The Hall–Kier alpha value is -4.39. The zero-order chi connectivity index (χ0) is 24.8. The number of carbonyl (C=O) groups excluding carboxylic acids is 2. The third-order valence-electron chi connectivity index (χ3n) is 5.60. The van der Waals surface area contributed by atoms with E-state index in [1.54, 1.807) is 67.0 Å². The van der Waals surface area contributed by atoms with Gasteiger partial charge in [0, 0.05) is 24.5 Å². The van der Waals surface area contributed by atoms with E-state index in [4.69, 9.17) is 9.47 Å². The topological polar surface area (TPSA) is 89.0 Å². The van der Waals surface area contributed by atoms with Gasteiger partial charge in [-0.25, -0.2) is 0 Å². The lowest BCUT2D eigenvalue weighted by molar-refractivity contribution is -0.140. The van der Waals surface area contributed by atoms with Crippen molar-refractivity contribution in [1.29, 1.82) is 0 Å². The van der Waals surface area contributed by atoms with Crippen molar-refractivity contribution in [3.8, 4) is 11.5 Å². The fourth-order valence-electron chi connectivity index (χ4n) is 4.06. The molecule has 1 aliphatic rings. The van der Waals surface area contributed by atoms with Gasteiger partial charge in [0.2, 0.25) is 0 Å². The number of aliphatic hydroxyl groups excluding tert-OH is 1. The van der Waals surface area contributed by atoms with Gasteiger partial charge in [0.25, 0.3) is 11.7 Å². The van der Waals surface area contributed by atoms with Crippen molar-refractivity contribution in [2.24, 2.45) is 0 Å². The fourth-order valence-corrected chi connectivity index (χ4v) is 4.06. The van der Waals surface area contributed by atoms with Crippen LogP contribution in [0.25, 0.3) is 5.76 Å². The minimum atomic E-state index is -0.830. The maximum atomic E-state index is 13.2. The van der Waals surface area contributed by atoms with Crippen molar-refractivity contribution >= 4 is 17.4 Å². The van der Waals surface area contributed by atoms with E-state index in [2.05, 4.69) is 11.6 Å². The summed E-state index contributed by atoms with van der Waals surface area (Å²) in [6, 6.07) is 16.7. The number of nitrogens with zero attached hydrogens (tertiary/aromatic N) is 2. The van der Waals surface area contributed by atoms with Crippen molar-refractivity contribution in [3.63, 3.8) is 0 Å². The van der Waals surface area contributed by atoms with Crippen LogP contribution in [0.1, 0.15) is 29.7 Å². The normalized spacial score (nSPS) is 16.8. The third-order valence-corrected chi connectivity index (χ3v) is 5.60. The Kier molecular flexibility index (Phi) is 7.26. The molecule has 2 heterocycles. The molecule has 0 radical (unpaired) electrons. The van der Waals surface area contributed by atoms with Crippen LogP contribution in [0.2, 0.25) is 0 Å². The summed E-state index contributed by atoms with van der Waals surface area (Å²) in [5, 5.41) is 11.2. The van der Waals surface area contributed by atoms with Crippen LogP contribution in [0.15, 0.2) is 91.3 Å². The molecule has 2 aromatic carbocycles. The van der Waals surface area contributed by atoms with E-state index in [1.165, 1.54) is 4.90 Å². The maximum absolute atomic E-state index is 13.2. The van der Waals surface area contributed by atoms with Crippen LogP contribution in [0.5, 0.6) is 11.5 Å². The molecule has 1 saturated heterocycles. The van der Waals surface area contributed by atoms with Gasteiger partial charge in [-0.1, -0.05) is 55.1 Å². The van der Waals surface area contributed by atoms with E-state index in [-0.39, 0.29) is 17.9 Å². The molecule has 1 N–H and O–H groups in total. The van der Waals surface area contributed by atoms with Gasteiger partial charge in [0.1, 0.15) is 12.4 Å². The lowest BCUT2D eigenvalue weighted by Crippen LogP contribution is -2.29. The number of pyridine rings is 1. The zero-order valence-electron chi connectivity index (χ0n) is 19.4. The molecule has 1 fully saturated rings. The zero-order valence-corrected chi connectivity index (χ0v) is 19.4. The molecule has 1 aliphatic heterocycles. The van der Waals surface area contributed by atoms with Gasteiger partial charge in [-0.15, -0.1) is 0 Å². The van der Waals surface area contributed by atoms with E-state index in [0.29, 0.717) is 35.8 Å². The first kappa shape index (κ1) is 23.8. The molecular weight excluding hydrogens is 444 g/mol. The Morgan fingerprint density at radius 1 is 1.09 bits per heavy atom. The number of likely N-dealkylation sites (tertiary alicyclic amines) is 1. The number of benzene rings is 2. The van der Waals surface area contributed by atoms with Crippen LogP contribution in [0.3, 0.4) is 0 Å². The maximum Gasteiger partial charge on any atom is 0.295 e. The minimum absolute atomic E-state index is 0.0206. The van der Waals surface area contributed by atoms with E-state index in [0.717, 1.165) is 5.56 Å². The molecule has 178 valence electrons. The van der Waals surface area contributed by atoms with Gasteiger partial charge >= 0.3 is 0 Å². The van der Waals surface area contributed by atoms with Gasteiger partial charge in [-0.05, 0) is 36.2 Å². The van der Waals surface area contributed by atoms with Crippen molar-refractivity contribution in [2.75, 3.05) is 13.2 Å². The van der Waals surface area contributed by atoms with E-state index in [9.17, 15) is 14.7 Å². The fraction of sp³-hybridized carbons (Fsp3) is 0.179. The molecule has 0 spiro atoms. The Balaban J connectivity index is 1.86. The Morgan fingerprint density at radius 3 is 2.57 bits per heavy atom. The predicted molar refractivity (Wildman–Crippen MR) is 132 cm³/mol. The molecular formula is C28H26N2O5. The van der Waals surface area contributed by atoms with Crippen LogP contribution >= 0.6 is 0 Å². The lowest BCUT2D eigenvalue weighted by atomic mass is 9.95. The van der Waals surface area contributed by atoms with Gasteiger partial charge < -0.3 is 19.5 Å². The number of rotatable bonds is 9. The van der Waals surface area contributed by atoms with Crippen molar-refractivity contribution in [1.82, 2.24) is 9.88 Å². The average molecular weight is 471 g/mol. The van der Waals surface area contributed by atoms with Gasteiger partial charge in [0.15, 0.2) is 11.5 Å². The third kappa shape index (κ3) is 4.94. The van der Waals surface area contributed by atoms with Crippen molar-refractivity contribution in [2.45, 2.75) is 19.5 Å². The lowest BCUT2D eigenvalue weighted by Gasteiger charge is -2.26. The van der Waals surface area contributed by atoms with Crippen molar-refractivity contribution < 1.29 is 24.2 Å². The standard InChI is InChI=1S/C28H26N2O5/c1-3-15-35-22-13-12-21(16-23(22)34-4-2)25-24(26(31)20-10-6-5-7-11-20)27(32)28(33)30(25)18-19-9-8-14-29-17-19/h3,5-14,16-17,25,31H,1,4,15,18H2,2H3/b26-24+. The second kappa shape index (κ2) is 10.7. The van der Waals surface area contributed by atoms with E-state index < -0.39 is 17.7 Å². The second-order valence-corrected chi connectivity index (χ2v) is 7.89. The summed E-state index contributed by atoms with van der Waals surface area (Å²) in [6.45, 7) is 6.37. The van der Waals surface area contributed by atoms with Crippen LogP contribution < -0.4 is 9.47 Å². The molecule has 1 unspecified atom stereocenters. The molecule has 3 aromatic rings. The highest BCUT2D eigenvalue weighted by Gasteiger charge is 2.46. The highest BCUT2D eigenvalue weighted by Crippen LogP contribution is 2.42. The van der Waals surface area contributed by atoms with Gasteiger partial charge in [-0.3, -0.25) is 14.6 Å². The second-order valence-electron chi connectivity index (χ2n) is 7.89. The molecule has 4 rings (SSSR count). The van der Waals surface area contributed by atoms with Crippen LogP contribution in [-0.4, -0.2) is 39.9 Å². The summed E-state index contributed by atoms with van der Waals surface area (Å²) in [4.78, 5) is 32.0. The van der Waals surface area contributed by atoms with Crippen LogP contribution in [0, 0.1) is 0 Å². The Bertz CT molecular complexity index is 1250. The molecule has 1 atom stereocenters. The average Bonchev–Trinajstić information content (AvgIpc) is 3.13. The number of Topliss-reactive ketones (excluding diaryl/α,β-unsaturated/α-hetero) is 1. The summed E-state index contributed by atoms with van der Waals surface area (Å²) in [5.41, 5.74) is 1.84. The molecule has 7 nitrogen and oxygen atoms in total. The minimum Gasteiger partial charge on any atom is -0.507 e. The highest BCUT2D eigenvalue weighted by atomic mass is 16.5. The van der Waals surface area contributed by atoms with Crippen LogP contribution in [0.4, 0.5) is 0 Å². The number of aliphatic hydroxyl groups is 1. The summed E-state index contributed by atoms with van der Waals surface area (Å²) in [7, 11) is 0. The Morgan fingerprint density at radius 2 is 1.89 bits per heavy atom. The Labute approximate surface area is 203 Å². The molecule has 1 aromatic heterocycles. The number of ether oxygens (including phenoxy) is 2. The first-order valence-electron chi connectivity index (χ1n) is 11.3. The molecule has 0 saturated carbocycles. The quantitative estimate of drug-likeness (QED) is 0.212. The smallest absolute Gasteiger partial charge is 0.295 e. The SMILES string of the molecule is C=CCOc1ccc(C2/C(=C(\O)c3ccccc3)C(=O)C(=O)N2Cc2cccnc2)cc1OCC. The van der Waals surface area contributed by atoms with E-state index in [1.807, 2.05) is 19.1 Å². The molecule has 0 bridgehead atoms. The summed E-state index contributed by atoms with van der Waals surface area (Å²) < 4.78 is 11.5. The number of hydrogen-bond acceptors (Lipinski definition) is 6. The first-order chi connectivity index (χ1) is 17.0. The van der Waals surface area contributed by atoms with Gasteiger partial charge in [-0.2, -0.15) is 0 Å². The molecule has 35 heavy (non-hydrogen) atoms. The predicted octanol–water partition coefficient (Wildman–Crippen LogP) is 4.67. The summed E-state index contributed by atoms with van der Waals surface area (Å²) in [5.74, 6) is -0.680. The van der Waals surface area contributed by atoms with Crippen LogP contribution in [-0.2, 0) is 16.1 Å². The first-order valence-corrected chi connectivity index (χ1v) is 11.3. The summed E-state index contributed by atoms with van der Waals surface area (Å²) in [6.07, 6.45) is 4.92. The number of hydrogen-bond donors (Lipinski definition) is 1. The van der Waals surface area contributed by atoms with Gasteiger partial charge in [0.05, 0.1) is 18.2 Å². The summed E-state index contributed by atoms with van der Waals surface area (Å²) >= 11 is 0. The molecule has 0 aliphatic carbocycles. The number of aromatic nitrogens is 1. The van der Waals surface area contributed by atoms with Crippen molar-refractivity contribution in [3.05, 3.63) is 108 Å². The molecule has 1 amide bonds. The monoisotopic (exact) mass is 470 g/mol. The largest absolute Gasteiger partial charge is 0.507 e. The number of carbonyl (C=O) groups is 2.